The molecule has 1 N–H and O–H groups in total. The lowest BCUT2D eigenvalue weighted by molar-refractivity contribution is 0.0895. The van der Waals surface area contributed by atoms with Gasteiger partial charge in [-0.05, 0) is 52.6 Å². The van der Waals surface area contributed by atoms with Crippen molar-refractivity contribution in [2.45, 2.75) is 26.3 Å². The van der Waals surface area contributed by atoms with Gasteiger partial charge in [-0.3, -0.25) is 4.79 Å². The third-order valence-corrected chi connectivity index (χ3v) is 2.53. The maximum atomic E-state index is 13.7. The number of likely N-dealkylation sites (N-methyl/N-ethyl adjacent to an activating group) is 1. The Balaban J connectivity index is 2.82. The molecule has 1 aromatic carbocycles. The fourth-order valence-electron chi connectivity index (χ4n) is 2.01. The van der Waals surface area contributed by atoms with Crippen LogP contribution < -0.4 is 5.32 Å². The molecule has 18 heavy (non-hydrogen) atoms. The van der Waals surface area contributed by atoms with Crippen LogP contribution in [0, 0.1) is 12.7 Å². The van der Waals surface area contributed by atoms with E-state index in [1.54, 1.807) is 13.0 Å². The van der Waals surface area contributed by atoms with Gasteiger partial charge in [0.1, 0.15) is 5.82 Å². The SMILES string of the molecule is Cc1ccc(C(=O)NC(C)(C)CN(C)C)c(F)c1. The molecule has 0 atom stereocenters. The molecule has 0 radical (unpaired) electrons. The Morgan fingerprint density at radius 3 is 2.50 bits per heavy atom. The van der Waals surface area contributed by atoms with Crippen LogP contribution in [0.4, 0.5) is 4.39 Å². The summed E-state index contributed by atoms with van der Waals surface area (Å²) in [5.74, 6) is -0.854. The molecule has 0 bridgehead atoms. The van der Waals surface area contributed by atoms with E-state index < -0.39 is 11.4 Å². The molecule has 0 aliphatic heterocycles. The molecule has 1 aromatic rings. The fraction of sp³-hybridized carbons (Fsp3) is 0.500. The van der Waals surface area contributed by atoms with E-state index in [1.165, 1.54) is 12.1 Å². The Kier molecular flexibility index (Phi) is 4.46. The zero-order valence-electron chi connectivity index (χ0n) is 11.7. The standard InChI is InChI=1S/C14H21FN2O/c1-10-6-7-11(12(15)8-10)13(18)16-14(2,3)9-17(4)5/h6-8H,9H2,1-5H3,(H,16,18). The molecule has 0 saturated carbocycles. The van der Waals surface area contributed by atoms with Crippen LogP contribution in [-0.2, 0) is 0 Å². The number of rotatable bonds is 4. The lowest BCUT2D eigenvalue weighted by Gasteiger charge is -2.29. The number of carbonyl (C=O) groups excluding carboxylic acids is 1. The summed E-state index contributed by atoms with van der Waals surface area (Å²) in [4.78, 5) is 14.0. The molecular formula is C14H21FN2O. The molecule has 0 aliphatic carbocycles. The summed E-state index contributed by atoms with van der Waals surface area (Å²) < 4.78 is 13.7. The summed E-state index contributed by atoms with van der Waals surface area (Å²) >= 11 is 0. The highest BCUT2D eigenvalue weighted by Gasteiger charge is 2.23. The van der Waals surface area contributed by atoms with Crippen molar-refractivity contribution in [1.29, 1.82) is 0 Å². The Morgan fingerprint density at radius 2 is 2.00 bits per heavy atom. The first-order chi connectivity index (χ1) is 8.21. The molecule has 100 valence electrons. The van der Waals surface area contributed by atoms with Crippen LogP contribution in [0.5, 0.6) is 0 Å². The van der Waals surface area contributed by atoms with E-state index in [-0.39, 0.29) is 11.5 Å². The van der Waals surface area contributed by atoms with E-state index in [1.807, 2.05) is 32.8 Å². The first-order valence-corrected chi connectivity index (χ1v) is 5.95. The van der Waals surface area contributed by atoms with Crippen molar-refractivity contribution in [3.05, 3.63) is 35.1 Å². The molecule has 0 fully saturated rings. The van der Waals surface area contributed by atoms with Gasteiger partial charge in [-0.1, -0.05) is 6.07 Å². The monoisotopic (exact) mass is 252 g/mol. The molecule has 0 spiro atoms. The van der Waals surface area contributed by atoms with Crippen LogP contribution in [0.15, 0.2) is 18.2 Å². The van der Waals surface area contributed by atoms with Gasteiger partial charge in [0, 0.05) is 12.1 Å². The van der Waals surface area contributed by atoms with Crippen molar-refractivity contribution in [2.24, 2.45) is 0 Å². The van der Waals surface area contributed by atoms with Crippen molar-refractivity contribution in [3.63, 3.8) is 0 Å². The number of halogens is 1. The normalized spacial score (nSPS) is 11.7. The number of hydrogen-bond donors (Lipinski definition) is 1. The zero-order chi connectivity index (χ0) is 13.9. The van der Waals surface area contributed by atoms with Crippen LogP contribution in [0.2, 0.25) is 0 Å². The molecule has 1 rings (SSSR count). The molecule has 0 aromatic heterocycles. The maximum absolute atomic E-state index is 13.7. The first kappa shape index (κ1) is 14.6. The van der Waals surface area contributed by atoms with Gasteiger partial charge in [0.05, 0.1) is 5.56 Å². The fourth-order valence-corrected chi connectivity index (χ4v) is 2.01. The molecule has 3 nitrogen and oxygen atoms in total. The van der Waals surface area contributed by atoms with E-state index in [0.29, 0.717) is 6.54 Å². The van der Waals surface area contributed by atoms with E-state index in [4.69, 9.17) is 0 Å². The van der Waals surface area contributed by atoms with Crippen molar-refractivity contribution in [2.75, 3.05) is 20.6 Å². The lowest BCUT2D eigenvalue weighted by atomic mass is 10.0. The van der Waals surface area contributed by atoms with Gasteiger partial charge in [0.25, 0.3) is 5.91 Å². The highest BCUT2D eigenvalue weighted by atomic mass is 19.1. The Bertz CT molecular complexity index is 441. The molecule has 1 amide bonds. The predicted octanol–water partition coefficient (Wildman–Crippen LogP) is 2.20. The van der Waals surface area contributed by atoms with Gasteiger partial charge in [0.15, 0.2) is 0 Å². The minimum atomic E-state index is -0.479. The van der Waals surface area contributed by atoms with Crippen molar-refractivity contribution in [1.82, 2.24) is 10.2 Å². The number of aryl methyl sites for hydroxylation is 1. The number of nitrogens with zero attached hydrogens (tertiary/aromatic N) is 1. The second kappa shape index (κ2) is 5.48. The largest absolute Gasteiger partial charge is 0.346 e. The number of amides is 1. The molecule has 0 saturated heterocycles. The smallest absolute Gasteiger partial charge is 0.254 e. The average Bonchev–Trinajstić information content (AvgIpc) is 2.13. The second-order valence-corrected chi connectivity index (χ2v) is 5.56. The van der Waals surface area contributed by atoms with Crippen LogP contribution in [0.1, 0.15) is 29.8 Å². The van der Waals surface area contributed by atoms with Crippen molar-refractivity contribution >= 4 is 5.91 Å². The first-order valence-electron chi connectivity index (χ1n) is 5.95. The van der Waals surface area contributed by atoms with Crippen LogP contribution in [0.25, 0.3) is 0 Å². The summed E-state index contributed by atoms with van der Waals surface area (Å²) in [7, 11) is 3.86. The molecular weight excluding hydrogens is 231 g/mol. The van der Waals surface area contributed by atoms with Crippen LogP contribution in [-0.4, -0.2) is 37.0 Å². The van der Waals surface area contributed by atoms with E-state index in [2.05, 4.69) is 5.32 Å². The van der Waals surface area contributed by atoms with Gasteiger partial charge in [-0.2, -0.15) is 0 Å². The average molecular weight is 252 g/mol. The Morgan fingerprint density at radius 1 is 1.39 bits per heavy atom. The van der Waals surface area contributed by atoms with Crippen molar-refractivity contribution < 1.29 is 9.18 Å². The zero-order valence-corrected chi connectivity index (χ0v) is 11.7. The van der Waals surface area contributed by atoms with E-state index in [0.717, 1.165) is 5.56 Å². The molecule has 4 heteroatoms. The Hall–Kier alpha value is -1.42. The maximum Gasteiger partial charge on any atom is 0.254 e. The van der Waals surface area contributed by atoms with Gasteiger partial charge in [0.2, 0.25) is 0 Å². The number of hydrogen-bond acceptors (Lipinski definition) is 2. The number of carbonyl (C=O) groups is 1. The second-order valence-electron chi connectivity index (χ2n) is 5.56. The Labute approximate surface area is 108 Å². The van der Waals surface area contributed by atoms with Gasteiger partial charge < -0.3 is 10.2 Å². The number of benzene rings is 1. The highest BCUT2D eigenvalue weighted by Crippen LogP contribution is 2.12. The molecule has 0 unspecified atom stereocenters. The van der Waals surface area contributed by atoms with E-state index in [9.17, 15) is 9.18 Å². The van der Waals surface area contributed by atoms with E-state index >= 15 is 0 Å². The summed E-state index contributed by atoms with van der Waals surface area (Å²) in [5, 5.41) is 2.84. The minimum absolute atomic E-state index is 0.0902. The van der Waals surface area contributed by atoms with Crippen molar-refractivity contribution in [3.8, 4) is 0 Å². The summed E-state index contributed by atoms with van der Waals surface area (Å²) in [6.45, 7) is 6.31. The third kappa shape index (κ3) is 4.11. The van der Waals surface area contributed by atoms with Gasteiger partial charge in [-0.15, -0.1) is 0 Å². The molecule has 0 aliphatic rings. The van der Waals surface area contributed by atoms with Crippen LogP contribution >= 0.6 is 0 Å². The quantitative estimate of drug-likeness (QED) is 0.891. The predicted molar refractivity (Wildman–Crippen MR) is 71.2 cm³/mol. The third-order valence-electron chi connectivity index (χ3n) is 2.53. The topological polar surface area (TPSA) is 32.3 Å². The number of nitrogens with one attached hydrogen (secondary N) is 1. The summed E-state index contributed by atoms with van der Waals surface area (Å²) in [6.07, 6.45) is 0. The summed E-state index contributed by atoms with van der Waals surface area (Å²) in [5.41, 5.74) is 0.488. The highest BCUT2D eigenvalue weighted by molar-refractivity contribution is 5.95. The van der Waals surface area contributed by atoms with Gasteiger partial charge >= 0.3 is 0 Å². The summed E-state index contributed by atoms with van der Waals surface area (Å²) in [6, 6.07) is 4.62. The van der Waals surface area contributed by atoms with Crippen LogP contribution in [0.3, 0.4) is 0 Å². The lowest BCUT2D eigenvalue weighted by Crippen LogP contribution is -2.50. The molecule has 0 heterocycles. The minimum Gasteiger partial charge on any atom is -0.346 e. The van der Waals surface area contributed by atoms with Gasteiger partial charge in [-0.25, -0.2) is 4.39 Å².